The summed E-state index contributed by atoms with van der Waals surface area (Å²) in [5.41, 5.74) is 1.47. The van der Waals surface area contributed by atoms with Crippen LogP contribution in [0.5, 0.6) is 0 Å². The minimum atomic E-state index is -0.953. The molecule has 0 radical (unpaired) electrons. The van der Waals surface area contributed by atoms with Crippen LogP contribution in [0.3, 0.4) is 0 Å². The van der Waals surface area contributed by atoms with E-state index in [9.17, 15) is 9.18 Å². The van der Waals surface area contributed by atoms with Gasteiger partial charge in [-0.1, -0.05) is 39.8 Å². The van der Waals surface area contributed by atoms with Crippen molar-refractivity contribution in [3.63, 3.8) is 0 Å². The molecule has 23 heavy (non-hydrogen) atoms. The Hall–Kier alpha value is -1.02. The zero-order valence-corrected chi connectivity index (χ0v) is 14.3. The number of hydrogen-bond donors (Lipinski definition) is 2. The van der Waals surface area contributed by atoms with Crippen molar-refractivity contribution in [3.8, 4) is 0 Å². The molecule has 2 N–H and O–H groups in total. The van der Waals surface area contributed by atoms with Crippen LogP contribution in [0.25, 0.3) is 0 Å². The topological polar surface area (TPSA) is 60.8 Å². The number of piperidine rings is 1. The van der Waals surface area contributed by atoms with Crippen LogP contribution in [0.2, 0.25) is 0 Å². The van der Waals surface area contributed by atoms with Crippen LogP contribution < -0.4 is 0 Å². The first-order valence-corrected chi connectivity index (χ1v) is 9.76. The van der Waals surface area contributed by atoms with Gasteiger partial charge in [0.15, 0.2) is 0 Å². The van der Waals surface area contributed by atoms with Crippen LogP contribution in [0.1, 0.15) is 12.0 Å². The van der Waals surface area contributed by atoms with Crippen LogP contribution in [-0.2, 0) is 11.3 Å². The molecular weight excluding hydrogens is 337 g/mol. The Morgan fingerprint density at radius 2 is 2.22 bits per heavy atom. The molecule has 126 valence electrons. The van der Waals surface area contributed by atoms with Crippen molar-refractivity contribution in [1.29, 1.82) is 0 Å². The molecule has 0 aromatic heterocycles. The number of carboxylic acid groups (broad SMARTS) is 1. The van der Waals surface area contributed by atoms with Crippen molar-refractivity contribution in [2.75, 3.05) is 25.4 Å². The summed E-state index contributed by atoms with van der Waals surface area (Å²) in [7, 11) is 3.16. The highest BCUT2D eigenvalue weighted by Gasteiger charge is 2.25. The van der Waals surface area contributed by atoms with Crippen molar-refractivity contribution in [1.82, 2.24) is 4.90 Å². The second-order valence-corrected chi connectivity index (χ2v) is 7.97. The number of carboxylic acids is 1. The van der Waals surface area contributed by atoms with E-state index in [4.69, 9.17) is 10.2 Å². The van der Waals surface area contributed by atoms with E-state index in [2.05, 4.69) is 4.90 Å². The zero-order valence-electron chi connectivity index (χ0n) is 12.7. The number of aliphatic hydroxyl groups is 1. The molecule has 1 unspecified atom stereocenters. The first kappa shape index (κ1) is 18.3. The van der Waals surface area contributed by atoms with Crippen LogP contribution in [0.4, 0.5) is 4.39 Å². The molecule has 1 aromatic carbocycles. The second kappa shape index (κ2) is 9.32. The quantitative estimate of drug-likeness (QED) is 0.445. The SMILES string of the molecule is O=C(O)C=C1CN(Cc2ccccc2F)CCC1SSCCO. The van der Waals surface area contributed by atoms with E-state index in [1.165, 1.54) is 12.1 Å². The van der Waals surface area contributed by atoms with Gasteiger partial charge in [-0.3, -0.25) is 4.90 Å². The number of halogens is 1. The van der Waals surface area contributed by atoms with Gasteiger partial charge in [0.05, 0.1) is 6.61 Å². The fourth-order valence-corrected chi connectivity index (χ4v) is 4.97. The molecule has 0 amide bonds. The number of aliphatic hydroxyl groups excluding tert-OH is 1. The summed E-state index contributed by atoms with van der Waals surface area (Å²) >= 11 is 0. The lowest BCUT2D eigenvalue weighted by Gasteiger charge is -2.33. The van der Waals surface area contributed by atoms with Gasteiger partial charge >= 0.3 is 5.97 Å². The smallest absolute Gasteiger partial charge is 0.328 e. The highest BCUT2D eigenvalue weighted by Crippen LogP contribution is 2.36. The molecular formula is C16H20FNO3S2. The van der Waals surface area contributed by atoms with E-state index in [1.807, 2.05) is 0 Å². The fourth-order valence-electron chi connectivity index (χ4n) is 2.50. The lowest BCUT2D eigenvalue weighted by Crippen LogP contribution is -2.36. The van der Waals surface area contributed by atoms with Crippen LogP contribution in [0, 0.1) is 5.82 Å². The maximum atomic E-state index is 13.8. The number of carbonyl (C=O) groups is 1. The summed E-state index contributed by atoms with van der Waals surface area (Å²) in [5, 5.41) is 18.0. The van der Waals surface area contributed by atoms with Gasteiger partial charge in [-0.2, -0.15) is 0 Å². The Bertz CT molecular complexity index is 568. The number of aliphatic carboxylic acids is 1. The van der Waals surface area contributed by atoms with Gasteiger partial charge in [0, 0.05) is 42.3 Å². The molecule has 1 aliphatic heterocycles. The third-order valence-corrected chi connectivity index (χ3v) is 6.41. The van der Waals surface area contributed by atoms with Crippen molar-refractivity contribution < 1.29 is 19.4 Å². The van der Waals surface area contributed by atoms with Gasteiger partial charge in [-0.25, -0.2) is 9.18 Å². The molecule has 1 saturated heterocycles. The van der Waals surface area contributed by atoms with Crippen molar-refractivity contribution in [2.45, 2.75) is 18.2 Å². The first-order chi connectivity index (χ1) is 11.1. The molecule has 1 aromatic rings. The van der Waals surface area contributed by atoms with Crippen molar-refractivity contribution >= 4 is 27.6 Å². The van der Waals surface area contributed by atoms with Crippen molar-refractivity contribution in [2.24, 2.45) is 0 Å². The molecule has 1 aliphatic rings. The fraction of sp³-hybridized carbons (Fsp3) is 0.438. The Balaban J connectivity index is 2.01. The average molecular weight is 357 g/mol. The molecule has 1 atom stereocenters. The zero-order chi connectivity index (χ0) is 16.7. The number of likely N-dealkylation sites (tertiary alicyclic amines) is 1. The predicted molar refractivity (Wildman–Crippen MR) is 92.9 cm³/mol. The lowest BCUT2D eigenvalue weighted by atomic mass is 10.0. The molecule has 7 heteroatoms. The number of hydrogen-bond acceptors (Lipinski definition) is 5. The maximum absolute atomic E-state index is 13.8. The van der Waals surface area contributed by atoms with E-state index in [0.29, 0.717) is 24.4 Å². The van der Waals surface area contributed by atoms with Crippen molar-refractivity contribution in [3.05, 3.63) is 47.3 Å². The van der Waals surface area contributed by atoms with E-state index in [-0.39, 0.29) is 17.7 Å². The monoisotopic (exact) mass is 357 g/mol. The molecule has 0 bridgehead atoms. The van der Waals surface area contributed by atoms with Gasteiger partial charge in [0.25, 0.3) is 0 Å². The Kier molecular flexibility index (Phi) is 7.42. The standard InChI is InChI=1S/C16H20FNO3S2/c17-14-4-2-1-3-12(14)10-18-6-5-15(23-22-8-7-19)13(11-18)9-16(20)21/h1-4,9,15,19H,5-8,10-11H2,(H,20,21). The minimum Gasteiger partial charge on any atom is -0.478 e. The summed E-state index contributed by atoms with van der Waals surface area (Å²) < 4.78 is 13.8. The Morgan fingerprint density at radius 3 is 2.91 bits per heavy atom. The van der Waals surface area contributed by atoms with E-state index in [0.717, 1.165) is 18.5 Å². The summed E-state index contributed by atoms with van der Waals surface area (Å²) in [4.78, 5) is 13.1. The summed E-state index contributed by atoms with van der Waals surface area (Å²) in [6, 6.07) is 6.67. The van der Waals surface area contributed by atoms with Gasteiger partial charge in [-0.15, -0.1) is 0 Å². The Labute approximate surface area is 143 Å². The predicted octanol–water partition coefficient (Wildman–Crippen LogP) is 2.78. The molecule has 4 nitrogen and oxygen atoms in total. The number of rotatable bonds is 7. The molecule has 2 rings (SSSR count). The molecule has 0 aliphatic carbocycles. The molecule has 1 heterocycles. The first-order valence-electron chi connectivity index (χ1n) is 7.38. The Morgan fingerprint density at radius 1 is 1.43 bits per heavy atom. The lowest BCUT2D eigenvalue weighted by molar-refractivity contribution is -0.131. The van der Waals surface area contributed by atoms with Gasteiger partial charge in [-0.05, 0) is 18.1 Å². The summed E-state index contributed by atoms with van der Waals surface area (Å²) in [6.07, 6.45) is 2.08. The highest BCUT2D eigenvalue weighted by atomic mass is 33.1. The normalized spacial score (nSPS) is 20.8. The summed E-state index contributed by atoms with van der Waals surface area (Å²) in [6.45, 7) is 1.91. The largest absolute Gasteiger partial charge is 0.478 e. The number of benzene rings is 1. The summed E-state index contributed by atoms with van der Waals surface area (Å²) in [5.74, 6) is -0.558. The maximum Gasteiger partial charge on any atom is 0.328 e. The minimum absolute atomic E-state index is 0.113. The molecule has 1 fully saturated rings. The second-order valence-electron chi connectivity index (χ2n) is 5.28. The van der Waals surface area contributed by atoms with Gasteiger partial charge in [0.2, 0.25) is 0 Å². The van der Waals surface area contributed by atoms with Crippen LogP contribution in [0.15, 0.2) is 35.9 Å². The van der Waals surface area contributed by atoms with Crippen LogP contribution >= 0.6 is 21.6 Å². The van der Waals surface area contributed by atoms with Crippen LogP contribution in [-0.4, -0.2) is 51.8 Å². The average Bonchev–Trinajstić information content (AvgIpc) is 2.51. The van der Waals surface area contributed by atoms with E-state index in [1.54, 1.807) is 39.8 Å². The third kappa shape index (κ3) is 5.84. The van der Waals surface area contributed by atoms with E-state index < -0.39 is 5.97 Å². The molecule has 0 saturated carbocycles. The van der Waals surface area contributed by atoms with Gasteiger partial charge < -0.3 is 10.2 Å². The van der Waals surface area contributed by atoms with Gasteiger partial charge in [0.1, 0.15) is 5.82 Å². The highest BCUT2D eigenvalue weighted by molar-refractivity contribution is 8.77. The number of nitrogens with zero attached hydrogens (tertiary/aromatic N) is 1. The molecule has 0 spiro atoms. The third-order valence-electron chi connectivity index (χ3n) is 3.55. The van der Waals surface area contributed by atoms with E-state index >= 15 is 0 Å².